The van der Waals surface area contributed by atoms with E-state index in [9.17, 15) is 4.79 Å². The molecule has 7 heteroatoms. The first kappa shape index (κ1) is 15.4. The molecule has 3 rings (SSSR count). The molecule has 1 saturated heterocycles. The number of likely N-dealkylation sites (N-methyl/N-ethyl adjacent to an activating group) is 1. The molecular formula is C16H19N5O2. The summed E-state index contributed by atoms with van der Waals surface area (Å²) >= 11 is 0. The van der Waals surface area contributed by atoms with E-state index >= 15 is 0 Å². The van der Waals surface area contributed by atoms with Crippen LogP contribution in [-0.4, -0.2) is 64.2 Å². The van der Waals surface area contributed by atoms with Gasteiger partial charge >= 0.3 is 5.97 Å². The average Bonchev–Trinajstić information content (AvgIpc) is 3.05. The molecule has 0 bridgehead atoms. The topological polar surface area (TPSA) is 82.5 Å². The molecule has 1 aliphatic heterocycles. The van der Waals surface area contributed by atoms with E-state index < -0.39 is 5.97 Å². The monoisotopic (exact) mass is 313 g/mol. The van der Waals surface area contributed by atoms with Crippen molar-refractivity contribution >= 4 is 11.9 Å². The van der Waals surface area contributed by atoms with Gasteiger partial charge in [0, 0.05) is 31.5 Å². The van der Waals surface area contributed by atoms with Crippen molar-refractivity contribution in [1.29, 1.82) is 0 Å². The summed E-state index contributed by atoms with van der Waals surface area (Å²) in [6, 6.07) is 5.24. The number of aromatic nitrogens is 3. The van der Waals surface area contributed by atoms with E-state index in [0.29, 0.717) is 23.4 Å². The molecule has 2 aromatic rings. The zero-order chi connectivity index (χ0) is 16.4. The summed E-state index contributed by atoms with van der Waals surface area (Å²) in [7, 11) is 4.15. The van der Waals surface area contributed by atoms with Crippen LogP contribution >= 0.6 is 0 Å². The fraction of sp³-hybridized carbons (Fsp3) is 0.375. The third-order valence-electron chi connectivity index (χ3n) is 4.09. The summed E-state index contributed by atoms with van der Waals surface area (Å²) in [5, 5.41) is 9.09. The van der Waals surface area contributed by atoms with Crippen LogP contribution in [0.1, 0.15) is 16.8 Å². The van der Waals surface area contributed by atoms with Crippen molar-refractivity contribution in [2.24, 2.45) is 0 Å². The quantitative estimate of drug-likeness (QED) is 0.913. The number of rotatable bonds is 4. The van der Waals surface area contributed by atoms with Gasteiger partial charge in [-0.1, -0.05) is 0 Å². The van der Waals surface area contributed by atoms with Crippen LogP contribution < -0.4 is 4.90 Å². The van der Waals surface area contributed by atoms with Gasteiger partial charge in [0.15, 0.2) is 0 Å². The van der Waals surface area contributed by atoms with E-state index in [1.807, 2.05) is 0 Å². The van der Waals surface area contributed by atoms with Crippen LogP contribution in [0.4, 0.5) is 5.95 Å². The number of carboxylic acids is 1. The normalized spacial score (nSPS) is 17.7. The van der Waals surface area contributed by atoms with Gasteiger partial charge in [0.2, 0.25) is 5.95 Å². The van der Waals surface area contributed by atoms with Crippen LogP contribution in [0.2, 0.25) is 0 Å². The molecular weight excluding hydrogens is 294 g/mol. The summed E-state index contributed by atoms with van der Waals surface area (Å²) in [5.74, 6) is -0.314. The molecule has 1 N–H and O–H groups in total. The largest absolute Gasteiger partial charge is 0.478 e. The SMILES string of the molecule is CN(C)[C@@H]1CCN(c2nccc(-c3cc(C(=O)O)ccn3)n2)C1. The fourth-order valence-electron chi connectivity index (χ4n) is 2.69. The minimum atomic E-state index is -0.976. The molecule has 0 aromatic carbocycles. The van der Waals surface area contributed by atoms with Gasteiger partial charge in [-0.2, -0.15) is 0 Å². The Morgan fingerprint density at radius 2 is 2.04 bits per heavy atom. The van der Waals surface area contributed by atoms with E-state index in [0.717, 1.165) is 19.5 Å². The van der Waals surface area contributed by atoms with Crippen LogP contribution in [0.15, 0.2) is 30.6 Å². The number of anilines is 1. The third kappa shape index (κ3) is 3.29. The minimum absolute atomic E-state index is 0.198. The van der Waals surface area contributed by atoms with E-state index in [1.165, 1.54) is 18.3 Å². The number of nitrogens with zero attached hydrogens (tertiary/aromatic N) is 5. The highest BCUT2D eigenvalue weighted by molar-refractivity contribution is 5.88. The predicted octanol–water partition coefficient (Wildman–Crippen LogP) is 1.38. The smallest absolute Gasteiger partial charge is 0.335 e. The predicted molar refractivity (Wildman–Crippen MR) is 86.5 cm³/mol. The molecule has 0 radical (unpaired) electrons. The molecule has 120 valence electrons. The van der Waals surface area contributed by atoms with Crippen LogP contribution in [0, 0.1) is 0 Å². The molecule has 1 fully saturated rings. The van der Waals surface area contributed by atoms with Gasteiger partial charge in [0.05, 0.1) is 17.0 Å². The minimum Gasteiger partial charge on any atom is -0.478 e. The standard InChI is InChI=1S/C16H19N5O2/c1-20(2)12-5-8-21(10-12)16-18-7-4-13(19-16)14-9-11(15(22)23)3-6-17-14/h3-4,6-7,9,12H,5,8,10H2,1-2H3,(H,22,23)/t12-/m1/s1. The summed E-state index contributed by atoms with van der Waals surface area (Å²) in [5.41, 5.74) is 1.37. The van der Waals surface area contributed by atoms with E-state index in [2.05, 4.69) is 38.8 Å². The van der Waals surface area contributed by atoms with Crippen molar-refractivity contribution in [3.8, 4) is 11.4 Å². The lowest BCUT2D eigenvalue weighted by Gasteiger charge is -2.20. The van der Waals surface area contributed by atoms with Crippen LogP contribution in [0.3, 0.4) is 0 Å². The third-order valence-corrected chi connectivity index (χ3v) is 4.09. The molecule has 2 aromatic heterocycles. The maximum Gasteiger partial charge on any atom is 0.335 e. The molecule has 0 saturated carbocycles. The highest BCUT2D eigenvalue weighted by Crippen LogP contribution is 2.22. The van der Waals surface area contributed by atoms with Gasteiger partial charge < -0.3 is 14.9 Å². The molecule has 0 unspecified atom stereocenters. The first-order valence-corrected chi connectivity index (χ1v) is 7.49. The van der Waals surface area contributed by atoms with Gasteiger partial charge in [0.1, 0.15) is 0 Å². The number of hydrogen-bond acceptors (Lipinski definition) is 6. The Balaban J connectivity index is 1.86. The lowest BCUT2D eigenvalue weighted by molar-refractivity contribution is 0.0697. The van der Waals surface area contributed by atoms with Gasteiger partial charge in [-0.3, -0.25) is 4.98 Å². The highest BCUT2D eigenvalue weighted by atomic mass is 16.4. The molecule has 1 atom stereocenters. The molecule has 0 amide bonds. The molecule has 1 aliphatic rings. The summed E-state index contributed by atoms with van der Waals surface area (Å²) < 4.78 is 0. The molecule has 3 heterocycles. The average molecular weight is 313 g/mol. The highest BCUT2D eigenvalue weighted by Gasteiger charge is 2.25. The number of hydrogen-bond donors (Lipinski definition) is 1. The van der Waals surface area contributed by atoms with Gasteiger partial charge in [0.25, 0.3) is 0 Å². The Morgan fingerprint density at radius 1 is 1.26 bits per heavy atom. The van der Waals surface area contributed by atoms with E-state index in [1.54, 1.807) is 12.3 Å². The summed E-state index contributed by atoms with van der Waals surface area (Å²) in [6.45, 7) is 1.80. The second-order valence-corrected chi connectivity index (χ2v) is 5.83. The van der Waals surface area contributed by atoms with Gasteiger partial charge in [-0.25, -0.2) is 14.8 Å². The summed E-state index contributed by atoms with van der Waals surface area (Å²) in [4.78, 5) is 28.6. The Morgan fingerprint density at radius 3 is 2.74 bits per heavy atom. The first-order chi connectivity index (χ1) is 11.0. The van der Waals surface area contributed by atoms with Crippen LogP contribution in [0.25, 0.3) is 11.4 Å². The van der Waals surface area contributed by atoms with Crippen LogP contribution in [0.5, 0.6) is 0 Å². The van der Waals surface area contributed by atoms with Gasteiger partial charge in [-0.05, 0) is 38.7 Å². The summed E-state index contributed by atoms with van der Waals surface area (Å²) in [6.07, 6.45) is 4.25. The first-order valence-electron chi connectivity index (χ1n) is 7.49. The number of carboxylic acid groups (broad SMARTS) is 1. The maximum atomic E-state index is 11.1. The Labute approximate surface area is 134 Å². The molecule has 0 spiro atoms. The molecule has 0 aliphatic carbocycles. The second kappa shape index (κ2) is 6.29. The Hall–Kier alpha value is -2.54. The fourth-order valence-corrected chi connectivity index (χ4v) is 2.69. The van der Waals surface area contributed by atoms with Crippen LogP contribution in [-0.2, 0) is 0 Å². The lowest BCUT2D eigenvalue weighted by Crippen LogP contribution is -2.32. The van der Waals surface area contributed by atoms with Crippen molar-refractivity contribution in [3.63, 3.8) is 0 Å². The number of aromatic carboxylic acids is 1. The van der Waals surface area contributed by atoms with Crippen molar-refractivity contribution in [2.45, 2.75) is 12.5 Å². The Kier molecular flexibility index (Phi) is 4.20. The number of carbonyl (C=O) groups is 1. The molecule has 7 nitrogen and oxygen atoms in total. The zero-order valence-corrected chi connectivity index (χ0v) is 13.2. The van der Waals surface area contributed by atoms with E-state index in [4.69, 9.17) is 5.11 Å². The Bertz CT molecular complexity index is 719. The van der Waals surface area contributed by atoms with Gasteiger partial charge in [-0.15, -0.1) is 0 Å². The molecule has 23 heavy (non-hydrogen) atoms. The van der Waals surface area contributed by atoms with Crippen molar-refractivity contribution in [2.75, 3.05) is 32.1 Å². The van der Waals surface area contributed by atoms with Crippen molar-refractivity contribution in [3.05, 3.63) is 36.2 Å². The maximum absolute atomic E-state index is 11.1. The van der Waals surface area contributed by atoms with Crippen molar-refractivity contribution < 1.29 is 9.90 Å². The zero-order valence-electron chi connectivity index (χ0n) is 13.2. The van der Waals surface area contributed by atoms with E-state index in [-0.39, 0.29) is 5.56 Å². The lowest BCUT2D eigenvalue weighted by atomic mass is 10.2. The van der Waals surface area contributed by atoms with Crippen molar-refractivity contribution in [1.82, 2.24) is 19.9 Å². The second-order valence-electron chi connectivity index (χ2n) is 5.83. The number of pyridine rings is 1.